The van der Waals surface area contributed by atoms with Crippen molar-refractivity contribution in [3.05, 3.63) is 29.6 Å². The van der Waals surface area contributed by atoms with E-state index in [-0.39, 0.29) is 11.9 Å². The number of hydrogen-bond acceptors (Lipinski definition) is 3. The van der Waals surface area contributed by atoms with E-state index in [1.807, 2.05) is 24.8 Å². The van der Waals surface area contributed by atoms with Gasteiger partial charge in [-0.2, -0.15) is 11.8 Å². The van der Waals surface area contributed by atoms with Gasteiger partial charge in [-0.3, -0.25) is 0 Å². The van der Waals surface area contributed by atoms with Crippen LogP contribution in [0.25, 0.3) is 0 Å². The molecular weight excluding hydrogens is 247 g/mol. The Morgan fingerprint density at radius 1 is 1.39 bits per heavy atom. The highest BCUT2D eigenvalue weighted by Crippen LogP contribution is 2.32. The van der Waals surface area contributed by atoms with Crippen molar-refractivity contribution < 1.29 is 4.39 Å². The van der Waals surface area contributed by atoms with E-state index in [0.29, 0.717) is 10.9 Å². The highest BCUT2D eigenvalue weighted by atomic mass is 32.2. The molecule has 0 saturated carbocycles. The van der Waals surface area contributed by atoms with E-state index in [2.05, 4.69) is 11.2 Å². The van der Waals surface area contributed by atoms with Crippen LogP contribution in [0.4, 0.5) is 10.1 Å². The minimum absolute atomic E-state index is 0.131. The van der Waals surface area contributed by atoms with Gasteiger partial charge in [0.2, 0.25) is 0 Å². The number of anilines is 1. The molecule has 1 atom stereocenters. The third-order valence-corrected chi connectivity index (χ3v) is 4.74. The SMILES string of the molecule is CSC1CCN(c2c(F)cccc2[C@@H](C)N)CC1. The van der Waals surface area contributed by atoms with Gasteiger partial charge in [-0.15, -0.1) is 0 Å². The average Bonchev–Trinajstić information content (AvgIpc) is 2.38. The summed E-state index contributed by atoms with van der Waals surface area (Å²) >= 11 is 1.91. The van der Waals surface area contributed by atoms with Crippen LogP contribution in [0.15, 0.2) is 18.2 Å². The van der Waals surface area contributed by atoms with Gasteiger partial charge in [0.1, 0.15) is 5.82 Å². The van der Waals surface area contributed by atoms with Crippen LogP contribution in [0.2, 0.25) is 0 Å². The second kappa shape index (κ2) is 5.93. The summed E-state index contributed by atoms with van der Waals surface area (Å²) in [5.74, 6) is -0.146. The van der Waals surface area contributed by atoms with E-state index in [9.17, 15) is 4.39 Å². The molecular formula is C14H21FN2S. The quantitative estimate of drug-likeness (QED) is 0.913. The summed E-state index contributed by atoms with van der Waals surface area (Å²) in [7, 11) is 0. The van der Waals surface area contributed by atoms with Crippen molar-refractivity contribution in [3.63, 3.8) is 0 Å². The molecule has 0 aliphatic carbocycles. The largest absolute Gasteiger partial charge is 0.369 e. The van der Waals surface area contributed by atoms with E-state index in [0.717, 1.165) is 31.5 Å². The molecule has 0 aromatic heterocycles. The number of nitrogens with two attached hydrogens (primary N) is 1. The summed E-state index contributed by atoms with van der Waals surface area (Å²) in [6.45, 7) is 3.76. The first kappa shape index (κ1) is 13.7. The number of hydrogen-bond donors (Lipinski definition) is 1. The van der Waals surface area contributed by atoms with E-state index < -0.39 is 0 Å². The molecule has 1 aliphatic heterocycles. The molecule has 1 heterocycles. The minimum Gasteiger partial charge on any atom is -0.369 e. The fraction of sp³-hybridized carbons (Fsp3) is 0.571. The molecule has 0 amide bonds. The number of piperidine rings is 1. The van der Waals surface area contributed by atoms with Crippen molar-refractivity contribution in [2.45, 2.75) is 31.1 Å². The van der Waals surface area contributed by atoms with Gasteiger partial charge in [-0.05, 0) is 37.7 Å². The lowest BCUT2D eigenvalue weighted by Crippen LogP contribution is -2.36. The molecule has 2 rings (SSSR count). The first-order valence-electron chi connectivity index (χ1n) is 6.45. The van der Waals surface area contributed by atoms with Crippen molar-refractivity contribution in [2.75, 3.05) is 24.2 Å². The van der Waals surface area contributed by atoms with Crippen molar-refractivity contribution in [3.8, 4) is 0 Å². The normalized spacial score (nSPS) is 19.0. The number of thioether (sulfide) groups is 1. The highest BCUT2D eigenvalue weighted by Gasteiger charge is 2.23. The van der Waals surface area contributed by atoms with Crippen molar-refractivity contribution >= 4 is 17.4 Å². The van der Waals surface area contributed by atoms with E-state index in [4.69, 9.17) is 5.73 Å². The van der Waals surface area contributed by atoms with Gasteiger partial charge in [0, 0.05) is 24.4 Å². The molecule has 1 aromatic carbocycles. The Bertz CT molecular complexity index is 401. The van der Waals surface area contributed by atoms with Gasteiger partial charge in [0.15, 0.2) is 0 Å². The Morgan fingerprint density at radius 3 is 2.61 bits per heavy atom. The standard InChI is InChI=1S/C14H21FN2S/c1-10(16)12-4-3-5-13(15)14(12)17-8-6-11(18-2)7-9-17/h3-5,10-11H,6-9,16H2,1-2H3/t10-/m1/s1. The summed E-state index contributed by atoms with van der Waals surface area (Å²) in [6.07, 6.45) is 4.39. The van der Waals surface area contributed by atoms with Crippen molar-refractivity contribution in [1.82, 2.24) is 0 Å². The predicted molar refractivity (Wildman–Crippen MR) is 77.8 cm³/mol. The number of rotatable bonds is 3. The van der Waals surface area contributed by atoms with Gasteiger partial charge in [-0.25, -0.2) is 4.39 Å². The molecule has 1 fully saturated rings. The number of nitrogens with zero attached hydrogens (tertiary/aromatic N) is 1. The van der Waals surface area contributed by atoms with Crippen molar-refractivity contribution in [1.29, 1.82) is 0 Å². The fourth-order valence-electron chi connectivity index (χ4n) is 2.55. The van der Waals surface area contributed by atoms with Crippen LogP contribution in [0.1, 0.15) is 31.4 Å². The average molecular weight is 268 g/mol. The van der Waals surface area contributed by atoms with Crippen molar-refractivity contribution in [2.24, 2.45) is 5.73 Å². The summed E-state index contributed by atoms with van der Waals surface area (Å²) in [5, 5.41) is 0.715. The van der Waals surface area contributed by atoms with Crippen LogP contribution in [0, 0.1) is 5.82 Å². The first-order valence-corrected chi connectivity index (χ1v) is 7.74. The smallest absolute Gasteiger partial charge is 0.146 e. The fourth-order valence-corrected chi connectivity index (χ4v) is 3.23. The molecule has 1 aliphatic rings. The third kappa shape index (κ3) is 2.81. The van der Waals surface area contributed by atoms with Crippen LogP contribution < -0.4 is 10.6 Å². The molecule has 0 radical (unpaired) electrons. The minimum atomic E-state index is -0.146. The van der Waals surface area contributed by atoms with Gasteiger partial charge < -0.3 is 10.6 Å². The second-order valence-corrected chi connectivity index (χ2v) is 6.03. The molecule has 2 nitrogen and oxygen atoms in total. The Hall–Kier alpha value is -0.740. The topological polar surface area (TPSA) is 29.3 Å². The zero-order chi connectivity index (χ0) is 13.1. The lowest BCUT2D eigenvalue weighted by molar-refractivity contribution is 0.561. The van der Waals surface area contributed by atoms with E-state index in [1.165, 1.54) is 6.07 Å². The Kier molecular flexibility index (Phi) is 4.51. The lowest BCUT2D eigenvalue weighted by atomic mass is 10.0. The number of benzene rings is 1. The molecule has 4 heteroatoms. The number of halogens is 1. The Morgan fingerprint density at radius 2 is 2.06 bits per heavy atom. The zero-order valence-electron chi connectivity index (χ0n) is 11.0. The van der Waals surface area contributed by atoms with Crippen LogP contribution in [-0.4, -0.2) is 24.6 Å². The first-order chi connectivity index (χ1) is 8.63. The second-order valence-electron chi connectivity index (χ2n) is 4.89. The molecule has 1 saturated heterocycles. The molecule has 2 N–H and O–H groups in total. The molecule has 0 unspecified atom stereocenters. The molecule has 0 bridgehead atoms. The maximum atomic E-state index is 14.1. The maximum Gasteiger partial charge on any atom is 0.146 e. The van der Waals surface area contributed by atoms with Gasteiger partial charge in [0.05, 0.1) is 5.69 Å². The summed E-state index contributed by atoms with van der Waals surface area (Å²) in [4.78, 5) is 2.15. The summed E-state index contributed by atoms with van der Waals surface area (Å²) in [6, 6.07) is 5.08. The van der Waals surface area contributed by atoms with Crippen LogP contribution >= 0.6 is 11.8 Å². The molecule has 18 heavy (non-hydrogen) atoms. The van der Waals surface area contributed by atoms with Crippen LogP contribution in [-0.2, 0) is 0 Å². The monoisotopic (exact) mass is 268 g/mol. The molecule has 0 spiro atoms. The predicted octanol–water partition coefficient (Wildman–Crippen LogP) is 3.18. The van der Waals surface area contributed by atoms with Crippen LogP contribution in [0.5, 0.6) is 0 Å². The van der Waals surface area contributed by atoms with E-state index >= 15 is 0 Å². The Labute approximate surface area is 113 Å². The third-order valence-electron chi connectivity index (χ3n) is 3.60. The molecule has 100 valence electrons. The van der Waals surface area contributed by atoms with E-state index in [1.54, 1.807) is 6.07 Å². The molecule has 1 aromatic rings. The maximum absolute atomic E-state index is 14.1. The summed E-state index contributed by atoms with van der Waals surface area (Å²) in [5.41, 5.74) is 7.58. The lowest BCUT2D eigenvalue weighted by Gasteiger charge is -2.34. The van der Waals surface area contributed by atoms with Gasteiger partial charge in [-0.1, -0.05) is 12.1 Å². The highest BCUT2D eigenvalue weighted by molar-refractivity contribution is 7.99. The zero-order valence-corrected chi connectivity index (χ0v) is 11.8. The number of para-hydroxylation sites is 1. The van der Waals surface area contributed by atoms with Gasteiger partial charge in [0.25, 0.3) is 0 Å². The van der Waals surface area contributed by atoms with Crippen LogP contribution in [0.3, 0.4) is 0 Å². The summed E-state index contributed by atoms with van der Waals surface area (Å²) < 4.78 is 14.1. The Balaban J connectivity index is 2.23. The van der Waals surface area contributed by atoms with Gasteiger partial charge >= 0.3 is 0 Å².